The van der Waals surface area contributed by atoms with E-state index >= 15 is 0 Å². The first-order valence-electron chi connectivity index (χ1n) is 12.4. The number of amides is 1. The van der Waals surface area contributed by atoms with Gasteiger partial charge in [0, 0.05) is 47.5 Å². The van der Waals surface area contributed by atoms with E-state index < -0.39 is 0 Å². The molecule has 1 saturated carbocycles. The number of ether oxygens (including phenoxy) is 1. The molecule has 180 valence electrons. The van der Waals surface area contributed by atoms with Gasteiger partial charge in [-0.15, -0.1) is 11.3 Å². The molecule has 1 amide bonds. The quantitative estimate of drug-likeness (QED) is 0.621. The summed E-state index contributed by atoms with van der Waals surface area (Å²) in [6, 6.07) is 5.75. The Morgan fingerprint density at radius 1 is 1.18 bits per heavy atom. The second-order valence-corrected chi connectivity index (χ2v) is 10.4. The Kier molecular flexibility index (Phi) is 8.04. The zero-order valence-corrected chi connectivity index (χ0v) is 20.8. The normalized spacial score (nSPS) is 19.2. The zero-order chi connectivity index (χ0) is 23.3. The van der Waals surface area contributed by atoms with Crippen molar-refractivity contribution in [1.82, 2.24) is 14.8 Å². The number of hydrogen-bond donors (Lipinski definition) is 1. The molecule has 0 aromatic carbocycles. The number of nitrogens with zero attached hydrogens (tertiary/aromatic N) is 2. The fourth-order valence-corrected chi connectivity index (χ4v) is 6.27. The maximum Gasteiger partial charge on any atom is 0.257 e. The molecule has 6 nitrogen and oxygen atoms in total. The van der Waals surface area contributed by atoms with Gasteiger partial charge in [-0.3, -0.25) is 14.5 Å². The molecule has 2 aromatic rings. The first-order chi connectivity index (χ1) is 16.0. The average Bonchev–Trinajstić information content (AvgIpc) is 3.22. The fourth-order valence-electron chi connectivity index (χ4n) is 5.58. The van der Waals surface area contributed by atoms with E-state index in [0.29, 0.717) is 25.1 Å². The largest absolute Gasteiger partial charge is 0.379 e. The molecule has 0 unspecified atom stereocenters. The highest BCUT2D eigenvalue weighted by Crippen LogP contribution is 2.33. The first kappa shape index (κ1) is 24.2. The number of hydrogen-bond acceptors (Lipinski definition) is 5. The molecular formula is C26H37N3O3S. The van der Waals surface area contributed by atoms with Crippen molar-refractivity contribution < 1.29 is 9.53 Å². The third-order valence-electron chi connectivity index (χ3n) is 7.38. The van der Waals surface area contributed by atoms with Gasteiger partial charge in [-0.2, -0.15) is 0 Å². The first-order valence-corrected chi connectivity index (χ1v) is 13.3. The third kappa shape index (κ3) is 5.42. The van der Waals surface area contributed by atoms with Gasteiger partial charge >= 0.3 is 0 Å². The van der Waals surface area contributed by atoms with Crippen LogP contribution in [0.25, 0.3) is 0 Å². The van der Waals surface area contributed by atoms with E-state index in [1.165, 1.54) is 30.6 Å². The topological polar surface area (TPSA) is 63.6 Å². The van der Waals surface area contributed by atoms with E-state index in [4.69, 9.17) is 4.74 Å². The van der Waals surface area contributed by atoms with Gasteiger partial charge in [-0.05, 0) is 37.6 Å². The van der Waals surface area contributed by atoms with Crippen LogP contribution in [0.1, 0.15) is 72.1 Å². The van der Waals surface area contributed by atoms with Gasteiger partial charge in [0.1, 0.15) is 5.56 Å². The molecule has 0 radical (unpaired) electrons. The van der Waals surface area contributed by atoms with Gasteiger partial charge in [0.2, 0.25) is 0 Å². The number of aryl methyl sites for hydroxylation is 1. The monoisotopic (exact) mass is 471 g/mol. The summed E-state index contributed by atoms with van der Waals surface area (Å²) >= 11 is 1.70. The number of carbonyl (C=O) groups excluding carboxylic acids is 1. The summed E-state index contributed by atoms with van der Waals surface area (Å²) in [6.45, 7) is 8.58. The Labute approximate surface area is 200 Å². The third-order valence-corrected chi connectivity index (χ3v) is 8.24. The summed E-state index contributed by atoms with van der Waals surface area (Å²) in [5.74, 6) is -0.228. The zero-order valence-electron chi connectivity index (χ0n) is 20.0. The number of nitrogens with one attached hydrogen (secondary N) is 1. The number of rotatable bonds is 7. The van der Waals surface area contributed by atoms with Crippen LogP contribution in [0.2, 0.25) is 0 Å². The van der Waals surface area contributed by atoms with Crippen molar-refractivity contribution in [2.45, 2.75) is 70.9 Å². The minimum atomic E-state index is -0.228. The number of carbonyl (C=O) groups is 1. The molecule has 4 rings (SSSR count). The van der Waals surface area contributed by atoms with Gasteiger partial charge in [0.25, 0.3) is 5.91 Å². The van der Waals surface area contributed by atoms with E-state index in [1.54, 1.807) is 17.4 Å². The Morgan fingerprint density at radius 3 is 2.55 bits per heavy atom. The van der Waals surface area contributed by atoms with Crippen molar-refractivity contribution in [3.8, 4) is 0 Å². The van der Waals surface area contributed by atoms with Crippen LogP contribution < -0.4 is 10.7 Å². The van der Waals surface area contributed by atoms with Crippen LogP contribution in [0.3, 0.4) is 0 Å². The van der Waals surface area contributed by atoms with Crippen LogP contribution in [-0.2, 0) is 17.7 Å². The maximum atomic E-state index is 13.5. The molecule has 2 fully saturated rings. The summed E-state index contributed by atoms with van der Waals surface area (Å²) in [5, 5.41) is 5.28. The Morgan fingerprint density at radius 2 is 1.91 bits per heavy atom. The highest BCUT2D eigenvalue weighted by Gasteiger charge is 2.38. The van der Waals surface area contributed by atoms with E-state index in [0.717, 1.165) is 50.5 Å². The Bertz CT molecular complexity index is 985. The SMILES string of the molecule is CCc1c(C(=O)NCC2(N3CCOCC3)CCCCCC2)c(=O)cc(C)n1Cc1cccs1. The lowest BCUT2D eigenvalue weighted by atomic mass is 9.87. The van der Waals surface area contributed by atoms with E-state index in [-0.39, 0.29) is 16.9 Å². The molecule has 7 heteroatoms. The van der Waals surface area contributed by atoms with Crippen molar-refractivity contribution >= 4 is 17.2 Å². The average molecular weight is 472 g/mol. The predicted molar refractivity (Wildman–Crippen MR) is 133 cm³/mol. The van der Waals surface area contributed by atoms with Gasteiger partial charge < -0.3 is 14.6 Å². The van der Waals surface area contributed by atoms with Crippen LogP contribution in [0.15, 0.2) is 28.4 Å². The molecular weight excluding hydrogens is 434 g/mol. The molecule has 33 heavy (non-hydrogen) atoms. The summed E-state index contributed by atoms with van der Waals surface area (Å²) in [7, 11) is 0. The summed E-state index contributed by atoms with van der Waals surface area (Å²) in [6.07, 6.45) is 7.70. The van der Waals surface area contributed by atoms with Gasteiger partial charge in [-0.1, -0.05) is 38.7 Å². The minimum absolute atomic E-state index is 0.0387. The smallest absolute Gasteiger partial charge is 0.257 e. The molecule has 3 heterocycles. The standard InChI is InChI=1S/C26H37N3O3S/c1-3-22-24(23(30)17-20(2)29(22)18-21-9-8-16-33-21)25(31)27-19-26(10-6-4-5-7-11-26)28-12-14-32-15-13-28/h8-9,16-17H,3-7,10-15,18-19H2,1-2H3,(H,27,31). The second kappa shape index (κ2) is 11.0. The number of pyridine rings is 1. The number of morpholine rings is 1. The highest BCUT2D eigenvalue weighted by molar-refractivity contribution is 7.09. The van der Waals surface area contributed by atoms with Crippen LogP contribution in [0, 0.1) is 6.92 Å². The lowest BCUT2D eigenvalue weighted by Crippen LogP contribution is -2.59. The Hall–Kier alpha value is -1.96. The summed E-state index contributed by atoms with van der Waals surface area (Å²) in [5.41, 5.74) is 1.82. The highest BCUT2D eigenvalue weighted by atomic mass is 32.1. The van der Waals surface area contributed by atoms with Crippen molar-refractivity contribution in [2.24, 2.45) is 0 Å². The lowest BCUT2D eigenvalue weighted by Gasteiger charge is -2.45. The molecule has 0 bridgehead atoms. The summed E-state index contributed by atoms with van der Waals surface area (Å²) < 4.78 is 7.73. The van der Waals surface area contributed by atoms with Crippen molar-refractivity contribution in [3.63, 3.8) is 0 Å². The van der Waals surface area contributed by atoms with Crippen molar-refractivity contribution in [2.75, 3.05) is 32.8 Å². The Balaban J connectivity index is 1.59. The molecule has 0 atom stereocenters. The van der Waals surface area contributed by atoms with Gasteiger partial charge in [0.05, 0.1) is 19.8 Å². The lowest BCUT2D eigenvalue weighted by molar-refractivity contribution is -0.0281. The van der Waals surface area contributed by atoms with Crippen LogP contribution >= 0.6 is 11.3 Å². The van der Waals surface area contributed by atoms with Crippen LogP contribution in [-0.4, -0.2) is 53.8 Å². The maximum absolute atomic E-state index is 13.5. The van der Waals surface area contributed by atoms with Crippen LogP contribution in [0.5, 0.6) is 0 Å². The number of thiophene rings is 1. The van der Waals surface area contributed by atoms with Crippen molar-refractivity contribution in [3.05, 3.63) is 55.6 Å². The van der Waals surface area contributed by atoms with E-state index in [1.807, 2.05) is 19.9 Å². The van der Waals surface area contributed by atoms with Gasteiger partial charge in [0.15, 0.2) is 5.43 Å². The predicted octanol–water partition coefficient (Wildman–Crippen LogP) is 3.98. The molecule has 1 saturated heterocycles. The molecule has 2 aliphatic rings. The molecule has 1 aliphatic carbocycles. The van der Waals surface area contributed by atoms with E-state index in [9.17, 15) is 9.59 Å². The molecule has 2 aromatic heterocycles. The summed E-state index contributed by atoms with van der Waals surface area (Å²) in [4.78, 5) is 30.3. The molecule has 1 aliphatic heterocycles. The fraction of sp³-hybridized carbons (Fsp3) is 0.615. The molecule has 0 spiro atoms. The van der Waals surface area contributed by atoms with Crippen molar-refractivity contribution in [1.29, 1.82) is 0 Å². The second-order valence-electron chi connectivity index (χ2n) is 9.41. The van der Waals surface area contributed by atoms with Gasteiger partial charge in [-0.25, -0.2) is 0 Å². The van der Waals surface area contributed by atoms with E-state index in [2.05, 4.69) is 26.2 Å². The molecule has 1 N–H and O–H groups in total. The number of aromatic nitrogens is 1. The van der Waals surface area contributed by atoms with Crippen LogP contribution in [0.4, 0.5) is 0 Å². The minimum Gasteiger partial charge on any atom is -0.379 e.